The maximum absolute atomic E-state index is 12.5. The first kappa shape index (κ1) is 24.2. The van der Waals surface area contributed by atoms with Gasteiger partial charge in [0.1, 0.15) is 19.2 Å². The van der Waals surface area contributed by atoms with Crippen molar-refractivity contribution < 1.29 is 19.1 Å². The van der Waals surface area contributed by atoms with Crippen molar-refractivity contribution in [2.75, 3.05) is 38.1 Å². The van der Waals surface area contributed by atoms with Crippen LogP contribution in [0.2, 0.25) is 0 Å². The van der Waals surface area contributed by atoms with E-state index in [2.05, 4.69) is 20.9 Å². The van der Waals surface area contributed by atoms with Gasteiger partial charge in [-0.05, 0) is 62.5 Å². The number of carbonyl (C=O) groups excluding carboxylic acids is 3. The van der Waals surface area contributed by atoms with Gasteiger partial charge in [0.15, 0.2) is 0 Å². The summed E-state index contributed by atoms with van der Waals surface area (Å²) in [6, 6.07) is 7.45. The lowest BCUT2D eigenvalue weighted by atomic mass is 10.0. The third-order valence-electron chi connectivity index (χ3n) is 4.90. The van der Waals surface area contributed by atoms with E-state index in [1.54, 1.807) is 24.3 Å². The van der Waals surface area contributed by atoms with Crippen LogP contribution < -0.4 is 16.0 Å². The van der Waals surface area contributed by atoms with Crippen molar-refractivity contribution in [3.63, 3.8) is 0 Å². The summed E-state index contributed by atoms with van der Waals surface area (Å²) in [5.74, 6) is -0.614. The van der Waals surface area contributed by atoms with Gasteiger partial charge in [-0.15, -0.1) is 0 Å². The highest BCUT2D eigenvalue weighted by Crippen LogP contribution is 2.12. The van der Waals surface area contributed by atoms with Gasteiger partial charge >= 0.3 is 6.09 Å². The average Bonchev–Trinajstić information content (AvgIpc) is 3.25. The second-order valence-electron chi connectivity index (χ2n) is 7.92. The number of nitrogens with zero attached hydrogens (tertiary/aromatic N) is 2. The maximum Gasteiger partial charge on any atom is 0.411 e. The zero-order valence-corrected chi connectivity index (χ0v) is 18.1. The van der Waals surface area contributed by atoms with E-state index in [0.29, 0.717) is 24.3 Å². The third-order valence-corrected chi connectivity index (χ3v) is 4.90. The lowest BCUT2D eigenvalue weighted by Crippen LogP contribution is -2.47. The SMILES string of the molecule is CC(C)CC(NC(=O)c1ccc(NC(=O)OCCN2CCCC2)cc1)C(=O)NCC#N. The van der Waals surface area contributed by atoms with Crippen LogP contribution in [0.15, 0.2) is 24.3 Å². The van der Waals surface area contributed by atoms with E-state index < -0.39 is 23.9 Å². The number of ether oxygens (including phenoxy) is 1. The Hall–Kier alpha value is -3.12. The molecule has 0 saturated carbocycles. The highest BCUT2D eigenvalue weighted by Gasteiger charge is 2.22. The van der Waals surface area contributed by atoms with Crippen LogP contribution >= 0.6 is 0 Å². The number of anilines is 1. The summed E-state index contributed by atoms with van der Waals surface area (Å²) in [6.45, 7) is 6.93. The van der Waals surface area contributed by atoms with E-state index >= 15 is 0 Å². The minimum atomic E-state index is -0.732. The fraction of sp³-hybridized carbons (Fsp3) is 0.545. The summed E-state index contributed by atoms with van der Waals surface area (Å²) in [7, 11) is 0. The molecule has 0 aliphatic carbocycles. The van der Waals surface area contributed by atoms with Crippen molar-refractivity contribution >= 4 is 23.6 Å². The summed E-state index contributed by atoms with van der Waals surface area (Å²) in [6.07, 6.45) is 2.29. The standard InChI is InChI=1S/C22H31N5O4/c1-16(2)15-19(21(29)24-10-9-23)26-20(28)17-5-7-18(8-6-17)25-22(30)31-14-13-27-11-3-4-12-27/h5-8,16,19H,3-4,10-15H2,1-2H3,(H,24,29)(H,25,30)(H,26,28). The van der Waals surface area contributed by atoms with E-state index in [4.69, 9.17) is 10.00 Å². The zero-order valence-electron chi connectivity index (χ0n) is 18.1. The van der Waals surface area contributed by atoms with Gasteiger partial charge in [0.2, 0.25) is 5.91 Å². The zero-order chi connectivity index (χ0) is 22.6. The van der Waals surface area contributed by atoms with Crippen molar-refractivity contribution in [3.8, 4) is 6.07 Å². The van der Waals surface area contributed by atoms with Gasteiger partial charge in [-0.2, -0.15) is 5.26 Å². The molecule has 1 aliphatic rings. The molecule has 0 spiro atoms. The van der Waals surface area contributed by atoms with Crippen LogP contribution in [-0.4, -0.2) is 61.6 Å². The Morgan fingerprint density at radius 1 is 1.16 bits per heavy atom. The minimum absolute atomic E-state index is 0.113. The van der Waals surface area contributed by atoms with Gasteiger partial charge in [0.05, 0.1) is 6.07 Å². The molecule has 3 amide bonds. The number of carbonyl (C=O) groups is 3. The van der Waals surface area contributed by atoms with Crippen molar-refractivity contribution in [2.45, 2.75) is 39.2 Å². The molecule has 1 atom stereocenters. The number of nitrogens with one attached hydrogen (secondary N) is 3. The Morgan fingerprint density at radius 3 is 2.45 bits per heavy atom. The largest absolute Gasteiger partial charge is 0.448 e. The molecule has 0 radical (unpaired) electrons. The van der Waals surface area contributed by atoms with Crippen LogP contribution in [0, 0.1) is 17.2 Å². The van der Waals surface area contributed by atoms with Gasteiger partial charge in [-0.3, -0.25) is 19.8 Å². The molecule has 1 unspecified atom stereocenters. The minimum Gasteiger partial charge on any atom is -0.448 e. The smallest absolute Gasteiger partial charge is 0.411 e. The van der Waals surface area contributed by atoms with Gasteiger partial charge < -0.3 is 15.4 Å². The van der Waals surface area contributed by atoms with E-state index in [1.807, 2.05) is 19.9 Å². The van der Waals surface area contributed by atoms with Crippen LogP contribution in [-0.2, 0) is 9.53 Å². The number of hydrogen-bond acceptors (Lipinski definition) is 6. The molecule has 0 bridgehead atoms. The average molecular weight is 430 g/mol. The summed E-state index contributed by atoms with van der Waals surface area (Å²) in [5, 5.41) is 16.5. The molecule has 2 rings (SSSR count). The molecular formula is C22H31N5O4. The molecule has 1 saturated heterocycles. The molecule has 9 heteroatoms. The molecular weight excluding hydrogens is 398 g/mol. The molecule has 1 fully saturated rings. The number of likely N-dealkylation sites (tertiary alicyclic amines) is 1. The molecule has 168 valence electrons. The van der Waals surface area contributed by atoms with Gasteiger partial charge in [-0.1, -0.05) is 13.8 Å². The second kappa shape index (κ2) is 12.5. The maximum atomic E-state index is 12.5. The molecule has 1 aromatic rings. The highest BCUT2D eigenvalue weighted by atomic mass is 16.5. The van der Waals surface area contributed by atoms with E-state index in [-0.39, 0.29) is 12.5 Å². The normalized spacial score (nSPS) is 14.5. The monoisotopic (exact) mass is 429 g/mol. The molecule has 9 nitrogen and oxygen atoms in total. The summed E-state index contributed by atoms with van der Waals surface area (Å²) < 4.78 is 5.20. The number of nitriles is 1. The fourth-order valence-electron chi connectivity index (χ4n) is 3.33. The molecule has 3 N–H and O–H groups in total. The van der Waals surface area contributed by atoms with E-state index in [1.165, 1.54) is 12.8 Å². The molecule has 1 aliphatic heterocycles. The van der Waals surface area contributed by atoms with E-state index in [0.717, 1.165) is 19.6 Å². The lowest BCUT2D eigenvalue weighted by Gasteiger charge is -2.19. The quantitative estimate of drug-likeness (QED) is 0.490. The topological polar surface area (TPSA) is 124 Å². The predicted octanol–water partition coefficient (Wildman–Crippen LogP) is 2.12. The van der Waals surface area contributed by atoms with Gasteiger partial charge in [-0.25, -0.2) is 4.79 Å². The van der Waals surface area contributed by atoms with E-state index in [9.17, 15) is 14.4 Å². The van der Waals surface area contributed by atoms with Gasteiger partial charge in [0.25, 0.3) is 5.91 Å². The first-order valence-corrected chi connectivity index (χ1v) is 10.6. The summed E-state index contributed by atoms with van der Waals surface area (Å²) >= 11 is 0. The molecule has 31 heavy (non-hydrogen) atoms. The Labute approximate surface area is 183 Å². The van der Waals surface area contributed by atoms with Crippen LogP contribution in [0.4, 0.5) is 10.5 Å². The predicted molar refractivity (Wildman–Crippen MR) is 116 cm³/mol. The van der Waals surface area contributed by atoms with Crippen molar-refractivity contribution in [2.24, 2.45) is 5.92 Å². The first-order chi connectivity index (χ1) is 14.9. The Morgan fingerprint density at radius 2 is 1.84 bits per heavy atom. The highest BCUT2D eigenvalue weighted by molar-refractivity contribution is 5.98. The van der Waals surface area contributed by atoms with Crippen molar-refractivity contribution in [1.82, 2.24) is 15.5 Å². The third kappa shape index (κ3) is 8.64. The van der Waals surface area contributed by atoms with Crippen molar-refractivity contribution in [1.29, 1.82) is 5.26 Å². The van der Waals surface area contributed by atoms with Crippen molar-refractivity contribution in [3.05, 3.63) is 29.8 Å². The Balaban J connectivity index is 1.84. The Bertz CT molecular complexity index is 782. The number of hydrogen-bond donors (Lipinski definition) is 3. The molecule has 1 heterocycles. The summed E-state index contributed by atoms with van der Waals surface area (Å²) in [4.78, 5) is 38.9. The second-order valence-corrected chi connectivity index (χ2v) is 7.92. The number of benzene rings is 1. The summed E-state index contributed by atoms with van der Waals surface area (Å²) in [5.41, 5.74) is 0.864. The van der Waals surface area contributed by atoms with Crippen LogP contribution in [0.25, 0.3) is 0 Å². The molecule has 0 aromatic heterocycles. The van der Waals surface area contributed by atoms with Crippen LogP contribution in [0.3, 0.4) is 0 Å². The van der Waals surface area contributed by atoms with Gasteiger partial charge in [0, 0.05) is 17.8 Å². The Kier molecular flexibility index (Phi) is 9.78. The number of rotatable bonds is 10. The fourth-order valence-corrected chi connectivity index (χ4v) is 3.33. The van der Waals surface area contributed by atoms with Crippen LogP contribution in [0.1, 0.15) is 43.5 Å². The number of amides is 3. The van der Waals surface area contributed by atoms with Crippen LogP contribution in [0.5, 0.6) is 0 Å². The first-order valence-electron chi connectivity index (χ1n) is 10.6. The lowest BCUT2D eigenvalue weighted by molar-refractivity contribution is -0.123. The molecule has 1 aromatic carbocycles.